The van der Waals surface area contributed by atoms with Crippen molar-refractivity contribution in [2.75, 3.05) is 6.61 Å². The Morgan fingerprint density at radius 3 is 3.00 bits per heavy atom. The van der Waals surface area contributed by atoms with Gasteiger partial charge in [0.25, 0.3) is 5.56 Å². The number of aromatic amines is 1. The van der Waals surface area contributed by atoms with Gasteiger partial charge >= 0.3 is 5.97 Å². The van der Waals surface area contributed by atoms with Crippen molar-refractivity contribution in [1.29, 1.82) is 0 Å². The zero-order chi connectivity index (χ0) is 12.4. The number of esters is 1. The molecular weight excluding hydrogens is 288 g/mol. The molecule has 6 heteroatoms. The van der Waals surface area contributed by atoms with Gasteiger partial charge in [-0.3, -0.25) is 4.79 Å². The zero-order valence-electron chi connectivity index (χ0n) is 8.99. The molecule has 0 fully saturated rings. The third-order valence-corrected chi connectivity index (χ3v) is 2.63. The number of halogens is 1. The maximum Gasteiger partial charge on any atom is 0.374 e. The summed E-state index contributed by atoms with van der Waals surface area (Å²) in [5.74, 6) is -0.707. The summed E-state index contributed by atoms with van der Waals surface area (Å²) in [6, 6.07) is 5.07. The number of hydrogen-bond donors (Lipinski definition) is 1. The third-order valence-electron chi connectivity index (χ3n) is 2.14. The second kappa shape index (κ2) is 4.67. The van der Waals surface area contributed by atoms with Gasteiger partial charge in [-0.25, -0.2) is 9.78 Å². The van der Waals surface area contributed by atoms with Gasteiger partial charge in [0, 0.05) is 4.47 Å². The van der Waals surface area contributed by atoms with Gasteiger partial charge in [0.05, 0.1) is 17.5 Å². The highest BCUT2D eigenvalue weighted by Crippen LogP contribution is 2.15. The van der Waals surface area contributed by atoms with E-state index in [0.717, 1.165) is 4.47 Å². The standard InChI is InChI=1S/C11H9BrN2O3/c1-2-17-11(16)9-13-8-4-3-6(12)5-7(8)10(15)14-9/h3-5H,2H2,1H3,(H,13,14,15). The molecule has 1 aromatic carbocycles. The van der Waals surface area contributed by atoms with Crippen LogP contribution < -0.4 is 5.56 Å². The van der Waals surface area contributed by atoms with Crippen LogP contribution in [0.2, 0.25) is 0 Å². The van der Waals surface area contributed by atoms with E-state index in [2.05, 4.69) is 25.9 Å². The summed E-state index contributed by atoms with van der Waals surface area (Å²) < 4.78 is 5.55. The lowest BCUT2D eigenvalue weighted by atomic mass is 10.2. The molecule has 88 valence electrons. The lowest BCUT2D eigenvalue weighted by Gasteiger charge is -2.02. The van der Waals surface area contributed by atoms with Crippen LogP contribution in [-0.2, 0) is 4.74 Å². The summed E-state index contributed by atoms with van der Waals surface area (Å²) in [6.07, 6.45) is 0. The smallest absolute Gasteiger partial charge is 0.374 e. The fraction of sp³-hybridized carbons (Fsp3) is 0.182. The zero-order valence-corrected chi connectivity index (χ0v) is 10.6. The molecule has 17 heavy (non-hydrogen) atoms. The summed E-state index contributed by atoms with van der Waals surface area (Å²) in [5, 5.41) is 0.424. The van der Waals surface area contributed by atoms with Gasteiger partial charge < -0.3 is 9.72 Å². The maximum atomic E-state index is 11.7. The van der Waals surface area contributed by atoms with Crippen LogP contribution in [0.1, 0.15) is 17.5 Å². The first kappa shape index (κ1) is 11.8. The van der Waals surface area contributed by atoms with Gasteiger partial charge in [0.2, 0.25) is 5.82 Å². The first-order valence-corrected chi connectivity index (χ1v) is 5.78. The number of fused-ring (bicyclic) bond motifs is 1. The molecule has 0 saturated carbocycles. The predicted octanol–water partition coefficient (Wildman–Crippen LogP) is 1.86. The van der Waals surface area contributed by atoms with Crippen LogP contribution in [0.3, 0.4) is 0 Å². The van der Waals surface area contributed by atoms with Gasteiger partial charge in [0.15, 0.2) is 0 Å². The van der Waals surface area contributed by atoms with Crippen LogP contribution in [0, 0.1) is 0 Å². The molecule has 0 aliphatic carbocycles. The van der Waals surface area contributed by atoms with E-state index in [1.807, 2.05) is 0 Å². The average molecular weight is 297 g/mol. The second-order valence-corrected chi connectivity index (χ2v) is 4.21. The molecule has 2 aromatic rings. The molecule has 0 spiro atoms. The van der Waals surface area contributed by atoms with Crippen molar-refractivity contribution in [2.24, 2.45) is 0 Å². The number of nitrogens with zero attached hydrogens (tertiary/aromatic N) is 1. The number of benzene rings is 1. The van der Waals surface area contributed by atoms with Gasteiger partial charge in [-0.05, 0) is 25.1 Å². The average Bonchev–Trinajstić information content (AvgIpc) is 2.30. The normalized spacial score (nSPS) is 10.5. The molecule has 0 atom stereocenters. The van der Waals surface area contributed by atoms with E-state index in [1.165, 1.54) is 0 Å². The summed E-state index contributed by atoms with van der Waals surface area (Å²) in [7, 11) is 0. The first-order valence-electron chi connectivity index (χ1n) is 4.98. The molecule has 0 aliphatic heterocycles. The van der Waals surface area contributed by atoms with Crippen LogP contribution in [-0.4, -0.2) is 22.5 Å². The predicted molar refractivity (Wildman–Crippen MR) is 66.0 cm³/mol. The minimum atomic E-state index is -0.630. The number of nitrogens with one attached hydrogen (secondary N) is 1. The molecule has 0 bridgehead atoms. The van der Waals surface area contributed by atoms with Gasteiger partial charge in [0.1, 0.15) is 0 Å². The maximum absolute atomic E-state index is 11.7. The Balaban J connectivity index is 2.60. The molecule has 0 unspecified atom stereocenters. The van der Waals surface area contributed by atoms with Crippen molar-refractivity contribution in [2.45, 2.75) is 6.92 Å². The van der Waals surface area contributed by atoms with E-state index in [4.69, 9.17) is 4.74 Å². The number of hydrogen-bond acceptors (Lipinski definition) is 4. The molecule has 5 nitrogen and oxygen atoms in total. The lowest BCUT2D eigenvalue weighted by Crippen LogP contribution is -2.17. The van der Waals surface area contributed by atoms with Crippen molar-refractivity contribution < 1.29 is 9.53 Å². The van der Waals surface area contributed by atoms with E-state index < -0.39 is 5.97 Å². The third kappa shape index (κ3) is 2.36. The molecular formula is C11H9BrN2O3. The van der Waals surface area contributed by atoms with Gasteiger partial charge in [-0.1, -0.05) is 15.9 Å². The highest BCUT2D eigenvalue weighted by Gasteiger charge is 2.12. The van der Waals surface area contributed by atoms with Crippen molar-refractivity contribution in [3.8, 4) is 0 Å². The van der Waals surface area contributed by atoms with Crippen LogP contribution in [0.4, 0.5) is 0 Å². The topological polar surface area (TPSA) is 72.0 Å². The summed E-state index contributed by atoms with van der Waals surface area (Å²) in [5.41, 5.74) is 0.0966. The summed E-state index contributed by atoms with van der Waals surface area (Å²) >= 11 is 3.27. The molecule has 0 radical (unpaired) electrons. The number of ether oxygens (including phenoxy) is 1. The van der Waals surface area contributed by atoms with Crippen molar-refractivity contribution >= 4 is 32.8 Å². The molecule has 0 aliphatic rings. The number of aromatic nitrogens is 2. The SMILES string of the molecule is CCOC(=O)c1nc2ccc(Br)cc2c(=O)[nH]1. The van der Waals surface area contributed by atoms with E-state index in [0.29, 0.717) is 10.9 Å². The van der Waals surface area contributed by atoms with E-state index in [1.54, 1.807) is 25.1 Å². The molecule has 0 amide bonds. The number of carbonyl (C=O) groups is 1. The van der Waals surface area contributed by atoms with E-state index >= 15 is 0 Å². The Labute approximate surface area is 105 Å². The monoisotopic (exact) mass is 296 g/mol. The Hall–Kier alpha value is -1.69. The number of H-pyrrole nitrogens is 1. The second-order valence-electron chi connectivity index (χ2n) is 3.30. The van der Waals surface area contributed by atoms with Crippen molar-refractivity contribution in [3.05, 3.63) is 38.9 Å². The Morgan fingerprint density at radius 1 is 1.53 bits per heavy atom. The van der Waals surface area contributed by atoms with E-state index in [9.17, 15) is 9.59 Å². The fourth-order valence-corrected chi connectivity index (χ4v) is 1.77. The van der Waals surface area contributed by atoms with Crippen LogP contribution in [0.25, 0.3) is 10.9 Å². The van der Waals surface area contributed by atoms with Crippen LogP contribution in [0.15, 0.2) is 27.5 Å². The van der Waals surface area contributed by atoms with Gasteiger partial charge in [-0.15, -0.1) is 0 Å². The number of rotatable bonds is 2. The van der Waals surface area contributed by atoms with E-state index in [-0.39, 0.29) is 18.0 Å². The molecule has 1 N–H and O–H groups in total. The Morgan fingerprint density at radius 2 is 2.29 bits per heavy atom. The molecule has 0 saturated heterocycles. The van der Waals surface area contributed by atoms with Crippen molar-refractivity contribution in [3.63, 3.8) is 0 Å². The van der Waals surface area contributed by atoms with Crippen LogP contribution >= 0.6 is 15.9 Å². The Bertz CT molecular complexity index is 636. The Kier molecular flexibility index (Phi) is 3.23. The molecule has 1 aromatic heterocycles. The van der Waals surface area contributed by atoms with Crippen molar-refractivity contribution in [1.82, 2.24) is 9.97 Å². The minimum absolute atomic E-state index is 0.0772. The minimum Gasteiger partial charge on any atom is -0.460 e. The first-order chi connectivity index (χ1) is 8.11. The van der Waals surface area contributed by atoms with Gasteiger partial charge in [-0.2, -0.15) is 0 Å². The quantitative estimate of drug-likeness (QED) is 0.859. The largest absolute Gasteiger partial charge is 0.460 e. The lowest BCUT2D eigenvalue weighted by molar-refractivity contribution is 0.0512. The number of carbonyl (C=O) groups excluding carboxylic acids is 1. The molecule has 2 rings (SSSR count). The summed E-state index contributed by atoms with van der Waals surface area (Å²) in [4.78, 5) is 29.6. The summed E-state index contributed by atoms with van der Waals surface area (Å²) in [6.45, 7) is 1.93. The highest BCUT2D eigenvalue weighted by molar-refractivity contribution is 9.10. The fourth-order valence-electron chi connectivity index (χ4n) is 1.41. The highest BCUT2D eigenvalue weighted by atomic mass is 79.9. The molecule has 1 heterocycles. The van der Waals surface area contributed by atoms with Crippen LogP contribution in [0.5, 0.6) is 0 Å².